The molecule has 200 valence electrons. The van der Waals surface area contributed by atoms with Gasteiger partial charge in [0.05, 0.1) is 32.5 Å². The summed E-state index contributed by atoms with van der Waals surface area (Å²) in [5.74, 6) is 0.142. The van der Waals surface area contributed by atoms with Crippen LogP contribution in [0.1, 0.15) is 17.7 Å². The Labute approximate surface area is 235 Å². The lowest BCUT2D eigenvalue weighted by Crippen LogP contribution is -2.52. The first-order chi connectivity index (χ1) is 18.7. The third-order valence-electron chi connectivity index (χ3n) is 7.25. The van der Waals surface area contributed by atoms with Crippen LogP contribution in [0.5, 0.6) is 5.88 Å². The fourth-order valence-corrected chi connectivity index (χ4v) is 7.16. The minimum absolute atomic E-state index is 0.0887. The molecular weight excluding hydrogens is 562 g/mol. The van der Waals surface area contributed by atoms with Crippen LogP contribution in [0.3, 0.4) is 0 Å². The quantitative estimate of drug-likeness (QED) is 0.286. The maximum Gasteiger partial charge on any atom is 0.243 e. The molecule has 0 unspecified atom stereocenters. The van der Waals surface area contributed by atoms with Crippen LogP contribution in [-0.2, 0) is 16.4 Å². The van der Waals surface area contributed by atoms with E-state index in [1.165, 1.54) is 34.6 Å². The molecule has 2 aromatic heterocycles. The van der Waals surface area contributed by atoms with E-state index in [1.54, 1.807) is 41.3 Å². The normalized spacial score (nSPS) is 19.2. The fourth-order valence-electron chi connectivity index (χ4n) is 5.25. The largest absolute Gasteiger partial charge is 0.477 e. The van der Waals surface area contributed by atoms with Gasteiger partial charge in [-0.05, 0) is 73.0 Å². The number of fused-ring (bicyclic) bond motifs is 2. The molecule has 3 heterocycles. The van der Waals surface area contributed by atoms with E-state index in [0.717, 1.165) is 22.5 Å². The first kappa shape index (κ1) is 26.0. The number of pyridine rings is 1. The van der Waals surface area contributed by atoms with Gasteiger partial charge < -0.3 is 4.74 Å². The number of hydrogen-bond donors (Lipinski definition) is 0. The van der Waals surface area contributed by atoms with Crippen molar-refractivity contribution >= 4 is 39.3 Å². The number of benzene rings is 2. The predicted molar refractivity (Wildman–Crippen MR) is 147 cm³/mol. The molecule has 7 nitrogen and oxygen atoms in total. The number of hydrogen-bond acceptors (Lipinski definition) is 5. The SMILES string of the molecule is O=S(=O)(c1ccc(Cl)c(Cl)c1)N1CCC2=Cc3c(cnn3-c3ccc(F)cc3)C[C@]2(COc2ccccn2)C1. The topological polar surface area (TPSA) is 77.3 Å². The standard InChI is InChI=1S/C28H23Cl2FN4O3S/c29-24-9-8-23(14-25(24)30)39(36,37)34-12-10-20-13-26-19(16-33-35(26)22-6-4-21(31)5-7-22)15-28(20,17-34)18-38-27-3-1-2-11-32-27/h1-9,11,13-14,16H,10,12,15,17-18H2/t28-/m1/s1. The van der Waals surface area contributed by atoms with E-state index in [-0.39, 0.29) is 33.9 Å². The summed E-state index contributed by atoms with van der Waals surface area (Å²) in [4.78, 5) is 4.37. The summed E-state index contributed by atoms with van der Waals surface area (Å²) in [6, 6.07) is 15.9. The van der Waals surface area contributed by atoms with Gasteiger partial charge in [0.1, 0.15) is 12.4 Å². The summed E-state index contributed by atoms with van der Waals surface area (Å²) in [5, 5.41) is 5.04. The maximum atomic E-state index is 13.7. The first-order valence-corrected chi connectivity index (χ1v) is 14.5. The molecule has 1 aliphatic heterocycles. The van der Waals surface area contributed by atoms with Crippen LogP contribution >= 0.6 is 23.2 Å². The number of nitrogens with zero attached hydrogens (tertiary/aromatic N) is 4. The number of rotatable bonds is 6. The van der Waals surface area contributed by atoms with E-state index in [0.29, 0.717) is 25.3 Å². The molecule has 0 spiro atoms. The molecule has 11 heteroatoms. The van der Waals surface area contributed by atoms with Crippen LogP contribution in [0.2, 0.25) is 10.0 Å². The van der Waals surface area contributed by atoms with Gasteiger partial charge in [-0.1, -0.05) is 34.8 Å². The van der Waals surface area contributed by atoms with Gasteiger partial charge in [-0.3, -0.25) is 0 Å². The Balaban J connectivity index is 1.38. The summed E-state index contributed by atoms with van der Waals surface area (Å²) in [7, 11) is -3.86. The van der Waals surface area contributed by atoms with E-state index in [9.17, 15) is 12.8 Å². The Morgan fingerprint density at radius 3 is 2.62 bits per heavy atom. The molecule has 1 fully saturated rings. The number of piperidine rings is 1. The summed E-state index contributed by atoms with van der Waals surface area (Å²) in [6.07, 6.45) is 6.51. The molecule has 0 bridgehead atoms. The zero-order valence-electron chi connectivity index (χ0n) is 20.6. The Bertz CT molecular complexity index is 1680. The number of aromatic nitrogens is 3. The average molecular weight is 585 g/mol. The van der Waals surface area contributed by atoms with Crippen molar-refractivity contribution in [2.24, 2.45) is 5.41 Å². The zero-order valence-corrected chi connectivity index (χ0v) is 22.9. The molecule has 0 radical (unpaired) electrons. The Hall–Kier alpha value is -3.24. The van der Waals surface area contributed by atoms with Crippen molar-refractivity contribution in [3.05, 3.63) is 106 Å². The van der Waals surface area contributed by atoms with Crippen molar-refractivity contribution in [1.82, 2.24) is 19.1 Å². The van der Waals surface area contributed by atoms with Gasteiger partial charge in [0.15, 0.2) is 0 Å². The highest BCUT2D eigenvalue weighted by atomic mass is 35.5. The highest BCUT2D eigenvalue weighted by molar-refractivity contribution is 7.89. The highest BCUT2D eigenvalue weighted by Crippen LogP contribution is 2.45. The van der Waals surface area contributed by atoms with E-state index < -0.39 is 15.4 Å². The van der Waals surface area contributed by atoms with Gasteiger partial charge in [0, 0.05) is 30.8 Å². The molecule has 1 aliphatic carbocycles. The van der Waals surface area contributed by atoms with E-state index in [2.05, 4.69) is 16.2 Å². The molecule has 0 N–H and O–H groups in total. The highest BCUT2D eigenvalue weighted by Gasteiger charge is 2.47. The first-order valence-electron chi connectivity index (χ1n) is 12.3. The fraction of sp³-hybridized carbons (Fsp3) is 0.214. The minimum atomic E-state index is -3.86. The molecule has 1 saturated heterocycles. The Morgan fingerprint density at radius 2 is 1.87 bits per heavy atom. The van der Waals surface area contributed by atoms with Crippen molar-refractivity contribution in [2.45, 2.75) is 17.7 Å². The molecule has 6 rings (SSSR count). The van der Waals surface area contributed by atoms with Crippen LogP contribution < -0.4 is 4.74 Å². The molecule has 1 atom stereocenters. The van der Waals surface area contributed by atoms with Crippen molar-refractivity contribution in [3.8, 4) is 11.6 Å². The van der Waals surface area contributed by atoms with Crippen LogP contribution in [0.25, 0.3) is 11.8 Å². The maximum absolute atomic E-state index is 13.7. The zero-order chi connectivity index (χ0) is 27.2. The number of halogens is 3. The summed E-state index contributed by atoms with van der Waals surface area (Å²) < 4.78 is 50.4. The molecule has 2 aromatic carbocycles. The number of sulfonamides is 1. The lowest BCUT2D eigenvalue weighted by atomic mass is 9.69. The van der Waals surface area contributed by atoms with Crippen LogP contribution in [-0.4, -0.2) is 47.2 Å². The number of ether oxygens (including phenoxy) is 1. The van der Waals surface area contributed by atoms with Crippen molar-refractivity contribution in [2.75, 3.05) is 19.7 Å². The van der Waals surface area contributed by atoms with Crippen LogP contribution in [0, 0.1) is 11.2 Å². The lowest BCUT2D eigenvalue weighted by molar-refractivity contribution is 0.122. The molecular formula is C28H23Cl2FN4O3S. The molecule has 2 aliphatic rings. The van der Waals surface area contributed by atoms with E-state index in [1.807, 2.05) is 6.07 Å². The van der Waals surface area contributed by atoms with Gasteiger partial charge in [-0.25, -0.2) is 22.5 Å². The van der Waals surface area contributed by atoms with Crippen LogP contribution in [0.4, 0.5) is 4.39 Å². The Morgan fingerprint density at radius 1 is 1.05 bits per heavy atom. The van der Waals surface area contributed by atoms with Crippen molar-refractivity contribution in [1.29, 1.82) is 0 Å². The molecule has 4 aromatic rings. The van der Waals surface area contributed by atoms with Crippen molar-refractivity contribution in [3.63, 3.8) is 0 Å². The summed E-state index contributed by atoms with van der Waals surface area (Å²) in [6.45, 7) is 0.722. The van der Waals surface area contributed by atoms with Gasteiger partial charge in [0.2, 0.25) is 15.9 Å². The smallest absolute Gasteiger partial charge is 0.243 e. The second-order valence-corrected chi connectivity index (χ2v) is 12.4. The van der Waals surface area contributed by atoms with Gasteiger partial charge in [0.25, 0.3) is 0 Å². The summed E-state index contributed by atoms with van der Waals surface area (Å²) >= 11 is 12.2. The van der Waals surface area contributed by atoms with Crippen molar-refractivity contribution < 1.29 is 17.5 Å². The third kappa shape index (κ3) is 4.84. The van der Waals surface area contributed by atoms with Gasteiger partial charge in [-0.2, -0.15) is 9.40 Å². The van der Waals surface area contributed by atoms with Gasteiger partial charge >= 0.3 is 0 Å². The molecule has 0 amide bonds. The third-order valence-corrected chi connectivity index (χ3v) is 9.83. The average Bonchev–Trinajstić information content (AvgIpc) is 3.35. The Kier molecular flexibility index (Phi) is 6.71. The minimum Gasteiger partial charge on any atom is -0.477 e. The van der Waals surface area contributed by atoms with E-state index >= 15 is 0 Å². The second-order valence-electron chi connectivity index (χ2n) is 9.69. The second kappa shape index (κ2) is 10.1. The van der Waals surface area contributed by atoms with E-state index in [4.69, 9.17) is 27.9 Å². The lowest BCUT2D eigenvalue weighted by Gasteiger charge is -2.45. The van der Waals surface area contributed by atoms with Crippen LogP contribution in [0.15, 0.2) is 83.5 Å². The molecule has 39 heavy (non-hydrogen) atoms. The summed E-state index contributed by atoms with van der Waals surface area (Å²) in [5.41, 5.74) is 3.00. The molecule has 0 saturated carbocycles. The van der Waals surface area contributed by atoms with Gasteiger partial charge in [-0.15, -0.1) is 0 Å². The monoisotopic (exact) mass is 584 g/mol. The predicted octanol–water partition coefficient (Wildman–Crippen LogP) is 5.81.